The summed E-state index contributed by atoms with van der Waals surface area (Å²) < 4.78 is 9.99. The van der Waals surface area contributed by atoms with Crippen molar-refractivity contribution < 1.29 is 18.8 Å². The summed E-state index contributed by atoms with van der Waals surface area (Å²) in [6, 6.07) is 8.93. The molecule has 0 aliphatic rings. The van der Waals surface area contributed by atoms with Crippen LogP contribution in [0.15, 0.2) is 39.8 Å². The van der Waals surface area contributed by atoms with Gasteiger partial charge in [-0.15, -0.1) is 11.8 Å². The summed E-state index contributed by atoms with van der Waals surface area (Å²) in [7, 11) is 1.49. The molecule has 0 spiro atoms. The van der Waals surface area contributed by atoms with Crippen LogP contribution in [0.1, 0.15) is 21.8 Å². The van der Waals surface area contributed by atoms with E-state index < -0.39 is 5.97 Å². The van der Waals surface area contributed by atoms with E-state index in [0.717, 1.165) is 16.3 Å². The molecular formula is C15H16N2O4S. The molecule has 1 amide bonds. The summed E-state index contributed by atoms with van der Waals surface area (Å²) in [5.74, 6) is 0.449. The summed E-state index contributed by atoms with van der Waals surface area (Å²) in [6.07, 6.45) is 0. The Kier molecular flexibility index (Phi) is 5.60. The Labute approximate surface area is 132 Å². The number of esters is 1. The van der Waals surface area contributed by atoms with Crippen molar-refractivity contribution in [1.82, 2.24) is 10.5 Å². The van der Waals surface area contributed by atoms with E-state index in [1.165, 1.54) is 18.8 Å². The molecule has 0 saturated heterocycles. The maximum Gasteiger partial charge on any atom is 0.339 e. The molecule has 0 fully saturated rings. The molecule has 1 aromatic carbocycles. The first-order valence-electron chi connectivity index (χ1n) is 6.62. The van der Waals surface area contributed by atoms with Gasteiger partial charge in [0.15, 0.2) is 6.61 Å². The van der Waals surface area contributed by atoms with Gasteiger partial charge in [-0.05, 0) is 19.1 Å². The lowest BCUT2D eigenvalue weighted by Gasteiger charge is -2.08. The van der Waals surface area contributed by atoms with Crippen LogP contribution >= 0.6 is 11.8 Å². The molecule has 2 rings (SSSR count). The molecule has 0 radical (unpaired) electrons. The Bertz CT molecular complexity index is 669. The van der Waals surface area contributed by atoms with Crippen molar-refractivity contribution in [3.63, 3.8) is 0 Å². The van der Waals surface area contributed by atoms with Gasteiger partial charge in [0.1, 0.15) is 5.76 Å². The molecule has 1 aromatic heterocycles. The number of hydrogen-bond acceptors (Lipinski definition) is 6. The van der Waals surface area contributed by atoms with Crippen LogP contribution in [0, 0.1) is 6.92 Å². The number of carbonyl (C=O) groups is 2. The Morgan fingerprint density at radius 3 is 2.82 bits per heavy atom. The van der Waals surface area contributed by atoms with Crippen molar-refractivity contribution in [3.8, 4) is 0 Å². The molecule has 1 heterocycles. The number of thioether (sulfide) groups is 1. The highest BCUT2D eigenvalue weighted by Crippen LogP contribution is 2.26. The molecule has 1 N–H and O–H groups in total. The van der Waals surface area contributed by atoms with Crippen molar-refractivity contribution in [2.45, 2.75) is 17.6 Å². The SMILES string of the molecule is CNC(=O)COC(=O)c1ccccc1SCc1cc(C)on1. The van der Waals surface area contributed by atoms with Crippen molar-refractivity contribution in [1.29, 1.82) is 0 Å². The molecule has 6 nitrogen and oxygen atoms in total. The number of aryl methyl sites for hydroxylation is 1. The van der Waals surface area contributed by atoms with E-state index in [1.807, 2.05) is 25.1 Å². The zero-order chi connectivity index (χ0) is 15.9. The summed E-state index contributed by atoms with van der Waals surface area (Å²) in [5, 5.41) is 6.31. The number of ether oxygens (including phenoxy) is 1. The second kappa shape index (κ2) is 7.65. The van der Waals surface area contributed by atoms with Crippen LogP contribution in [0.5, 0.6) is 0 Å². The first kappa shape index (κ1) is 16.1. The number of likely N-dealkylation sites (N-methyl/N-ethyl adjacent to an activating group) is 1. The topological polar surface area (TPSA) is 81.4 Å². The first-order chi connectivity index (χ1) is 10.6. The minimum atomic E-state index is -0.525. The lowest BCUT2D eigenvalue weighted by atomic mass is 10.2. The highest BCUT2D eigenvalue weighted by atomic mass is 32.2. The van der Waals surface area contributed by atoms with Crippen LogP contribution < -0.4 is 5.32 Å². The largest absolute Gasteiger partial charge is 0.452 e. The number of nitrogens with one attached hydrogen (secondary N) is 1. The van der Waals surface area contributed by atoms with Gasteiger partial charge < -0.3 is 14.6 Å². The Morgan fingerprint density at radius 2 is 2.14 bits per heavy atom. The van der Waals surface area contributed by atoms with Crippen molar-refractivity contribution in [2.24, 2.45) is 0 Å². The average Bonchev–Trinajstić information content (AvgIpc) is 2.96. The normalized spacial score (nSPS) is 10.3. The Morgan fingerprint density at radius 1 is 1.36 bits per heavy atom. The molecule has 22 heavy (non-hydrogen) atoms. The quantitative estimate of drug-likeness (QED) is 0.649. The van der Waals surface area contributed by atoms with Crippen molar-refractivity contribution in [2.75, 3.05) is 13.7 Å². The van der Waals surface area contributed by atoms with Crippen LogP contribution in [0.25, 0.3) is 0 Å². The van der Waals surface area contributed by atoms with E-state index in [-0.39, 0.29) is 12.5 Å². The van der Waals surface area contributed by atoms with Crippen LogP contribution in [0.3, 0.4) is 0 Å². The van der Waals surface area contributed by atoms with Gasteiger partial charge in [0.05, 0.1) is 11.3 Å². The minimum absolute atomic E-state index is 0.295. The van der Waals surface area contributed by atoms with Gasteiger partial charge in [-0.25, -0.2) is 4.79 Å². The fourth-order valence-electron chi connectivity index (χ4n) is 1.68. The van der Waals surface area contributed by atoms with E-state index in [4.69, 9.17) is 9.26 Å². The smallest absolute Gasteiger partial charge is 0.339 e. The predicted molar refractivity (Wildman–Crippen MR) is 81.6 cm³/mol. The van der Waals surface area contributed by atoms with Gasteiger partial charge in [0, 0.05) is 23.8 Å². The fraction of sp³-hybridized carbons (Fsp3) is 0.267. The Hall–Kier alpha value is -2.28. The fourth-order valence-corrected chi connectivity index (χ4v) is 2.60. The van der Waals surface area contributed by atoms with E-state index in [9.17, 15) is 9.59 Å². The van der Waals surface area contributed by atoms with Gasteiger partial charge in [0.25, 0.3) is 5.91 Å². The van der Waals surface area contributed by atoms with E-state index in [2.05, 4.69) is 10.5 Å². The third-order valence-electron chi connectivity index (χ3n) is 2.77. The maximum atomic E-state index is 12.1. The molecule has 0 aliphatic heterocycles. The predicted octanol–water partition coefficient (Wildman–Crippen LogP) is 2.18. The second-order valence-corrected chi connectivity index (χ2v) is 5.48. The molecule has 0 saturated carbocycles. The molecule has 0 bridgehead atoms. The third-order valence-corrected chi connectivity index (χ3v) is 3.88. The van der Waals surface area contributed by atoms with Crippen LogP contribution in [-0.4, -0.2) is 30.7 Å². The maximum absolute atomic E-state index is 12.1. The van der Waals surface area contributed by atoms with Gasteiger partial charge >= 0.3 is 5.97 Å². The zero-order valence-corrected chi connectivity index (χ0v) is 13.1. The number of amides is 1. The standard InChI is InChI=1S/C15H16N2O4S/c1-10-7-11(17-21-10)9-22-13-6-4-3-5-12(13)15(19)20-8-14(18)16-2/h3-7H,8-9H2,1-2H3,(H,16,18). The van der Waals surface area contributed by atoms with E-state index >= 15 is 0 Å². The van der Waals surface area contributed by atoms with Crippen LogP contribution in [0.2, 0.25) is 0 Å². The van der Waals surface area contributed by atoms with Crippen molar-refractivity contribution >= 4 is 23.6 Å². The number of carbonyl (C=O) groups excluding carboxylic acids is 2. The summed E-state index contributed by atoms with van der Waals surface area (Å²) in [4.78, 5) is 24.0. The molecule has 7 heteroatoms. The molecular weight excluding hydrogens is 304 g/mol. The van der Waals surface area contributed by atoms with Gasteiger partial charge in [0.2, 0.25) is 0 Å². The third kappa shape index (κ3) is 4.36. The zero-order valence-electron chi connectivity index (χ0n) is 12.3. The van der Waals surface area contributed by atoms with Crippen molar-refractivity contribution in [3.05, 3.63) is 47.3 Å². The average molecular weight is 320 g/mol. The van der Waals surface area contributed by atoms with Crippen LogP contribution in [0.4, 0.5) is 0 Å². The number of benzene rings is 1. The first-order valence-corrected chi connectivity index (χ1v) is 7.60. The molecule has 116 valence electrons. The number of hydrogen-bond donors (Lipinski definition) is 1. The van der Waals surface area contributed by atoms with Gasteiger partial charge in [-0.1, -0.05) is 17.3 Å². The molecule has 0 atom stereocenters. The van der Waals surface area contributed by atoms with E-state index in [0.29, 0.717) is 11.3 Å². The highest BCUT2D eigenvalue weighted by Gasteiger charge is 2.14. The lowest BCUT2D eigenvalue weighted by Crippen LogP contribution is -2.25. The minimum Gasteiger partial charge on any atom is -0.452 e. The van der Waals surface area contributed by atoms with Crippen LogP contribution in [-0.2, 0) is 15.3 Å². The molecule has 0 unspecified atom stereocenters. The monoisotopic (exact) mass is 320 g/mol. The molecule has 2 aromatic rings. The second-order valence-electron chi connectivity index (χ2n) is 4.46. The number of rotatable bonds is 6. The summed E-state index contributed by atoms with van der Waals surface area (Å²) in [6.45, 7) is 1.53. The number of nitrogens with zero attached hydrogens (tertiary/aromatic N) is 1. The van der Waals surface area contributed by atoms with Gasteiger partial charge in [-0.3, -0.25) is 4.79 Å². The lowest BCUT2D eigenvalue weighted by molar-refractivity contribution is -0.123. The summed E-state index contributed by atoms with van der Waals surface area (Å²) in [5.41, 5.74) is 1.23. The Balaban J connectivity index is 2.02. The van der Waals surface area contributed by atoms with Gasteiger partial charge in [-0.2, -0.15) is 0 Å². The van der Waals surface area contributed by atoms with E-state index in [1.54, 1.807) is 12.1 Å². The highest BCUT2D eigenvalue weighted by molar-refractivity contribution is 7.98. The molecule has 0 aliphatic carbocycles. The number of aromatic nitrogens is 1. The summed E-state index contributed by atoms with van der Waals surface area (Å²) >= 11 is 1.46.